The SMILES string of the molecule is c1csc(-c2cc(CN3CCOC(c4nccs4)C3)no2)c1. The van der Waals surface area contributed by atoms with Crippen molar-refractivity contribution in [3.8, 4) is 10.6 Å². The van der Waals surface area contributed by atoms with E-state index in [1.54, 1.807) is 22.7 Å². The molecule has 4 rings (SSSR count). The Labute approximate surface area is 136 Å². The van der Waals surface area contributed by atoms with Crippen LogP contribution in [-0.4, -0.2) is 34.7 Å². The average molecular weight is 333 g/mol. The molecular weight excluding hydrogens is 318 g/mol. The van der Waals surface area contributed by atoms with E-state index in [1.165, 1.54) is 0 Å². The average Bonchev–Trinajstić information content (AvgIpc) is 3.29. The van der Waals surface area contributed by atoms with Crippen molar-refractivity contribution in [1.82, 2.24) is 15.0 Å². The Bertz CT molecular complexity index is 709. The zero-order valence-corrected chi connectivity index (χ0v) is 13.5. The fraction of sp³-hybridized carbons (Fsp3) is 0.333. The summed E-state index contributed by atoms with van der Waals surface area (Å²) in [5.41, 5.74) is 0.961. The molecule has 1 aliphatic heterocycles. The van der Waals surface area contributed by atoms with E-state index in [2.05, 4.69) is 15.0 Å². The second kappa shape index (κ2) is 6.29. The van der Waals surface area contributed by atoms with E-state index in [-0.39, 0.29) is 6.10 Å². The second-order valence-electron chi connectivity index (χ2n) is 5.12. The molecule has 0 aromatic carbocycles. The van der Waals surface area contributed by atoms with Gasteiger partial charge in [0.25, 0.3) is 0 Å². The third kappa shape index (κ3) is 2.98. The van der Waals surface area contributed by atoms with Gasteiger partial charge in [-0.2, -0.15) is 0 Å². The molecule has 5 nitrogen and oxygen atoms in total. The summed E-state index contributed by atoms with van der Waals surface area (Å²) in [5.74, 6) is 0.842. The molecule has 22 heavy (non-hydrogen) atoms. The summed E-state index contributed by atoms with van der Waals surface area (Å²) in [6.45, 7) is 3.25. The molecule has 0 N–H and O–H groups in total. The highest BCUT2D eigenvalue weighted by atomic mass is 32.1. The monoisotopic (exact) mass is 333 g/mol. The molecule has 1 unspecified atom stereocenters. The van der Waals surface area contributed by atoms with Crippen LogP contribution in [0, 0.1) is 0 Å². The van der Waals surface area contributed by atoms with Crippen LogP contribution in [0.1, 0.15) is 16.8 Å². The third-order valence-electron chi connectivity index (χ3n) is 3.59. The topological polar surface area (TPSA) is 51.4 Å². The van der Waals surface area contributed by atoms with Crippen LogP contribution in [0.2, 0.25) is 0 Å². The van der Waals surface area contributed by atoms with Crippen LogP contribution in [0.3, 0.4) is 0 Å². The molecule has 3 aromatic rings. The molecule has 3 aromatic heterocycles. The maximum atomic E-state index is 5.82. The standard InChI is InChI=1S/C15H15N3O2S2/c1-2-14(21-6-1)12-8-11(17-20-12)9-18-4-5-19-13(10-18)15-16-3-7-22-15/h1-3,6-8,13H,4-5,9-10H2. The number of hydrogen-bond donors (Lipinski definition) is 0. The number of thiazole rings is 1. The maximum absolute atomic E-state index is 5.82. The molecule has 1 atom stereocenters. The Hall–Kier alpha value is -1.54. The number of ether oxygens (including phenoxy) is 1. The van der Waals surface area contributed by atoms with Gasteiger partial charge in [0.2, 0.25) is 0 Å². The number of hydrogen-bond acceptors (Lipinski definition) is 7. The number of thiophene rings is 1. The Morgan fingerprint density at radius 3 is 3.14 bits per heavy atom. The van der Waals surface area contributed by atoms with E-state index in [0.29, 0.717) is 0 Å². The van der Waals surface area contributed by atoms with E-state index in [4.69, 9.17) is 9.26 Å². The van der Waals surface area contributed by atoms with Crippen molar-refractivity contribution >= 4 is 22.7 Å². The first-order valence-electron chi connectivity index (χ1n) is 7.11. The largest absolute Gasteiger partial charge is 0.368 e. The van der Waals surface area contributed by atoms with E-state index in [1.807, 2.05) is 35.2 Å². The molecule has 0 saturated carbocycles. The molecule has 0 radical (unpaired) electrons. The zero-order chi connectivity index (χ0) is 14.8. The van der Waals surface area contributed by atoms with E-state index in [9.17, 15) is 0 Å². The summed E-state index contributed by atoms with van der Waals surface area (Å²) in [5, 5.41) is 9.26. The van der Waals surface area contributed by atoms with Gasteiger partial charge in [-0.05, 0) is 11.4 Å². The van der Waals surface area contributed by atoms with Crippen molar-refractivity contribution in [3.05, 3.63) is 45.9 Å². The van der Waals surface area contributed by atoms with E-state index in [0.717, 1.165) is 47.6 Å². The first-order chi connectivity index (χ1) is 10.9. The minimum atomic E-state index is 0.0671. The van der Waals surface area contributed by atoms with Gasteiger partial charge in [0.1, 0.15) is 11.1 Å². The number of aromatic nitrogens is 2. The first kappa shape index (κ1) is 14.1. The summed E-state index contributed by atoms with van der Waals surface area (Å²) in [6, 6.07) is 6.09. The zero-order valence-electron chi connectivity index (χ0n) is 11.8. The van der Waals surface area contributed by atoms with Crippen molar-refractivity contribution in [3.63, 3.8) is 0 Å². The molecule has 4 heterocycles. The normalized spacial score (nSPS) is 19.5. The van der Waals surface area contributed by atoms with Gasteiger partial charge in [0.05, 0.1) is 17.2 Å². The van der Waals surface area contributed by atoms with Crippen LogP contribution in [0.15, 0.2) is 39.7 Å². The number of rotatable bonds is 4. The van der Waals surface area contributed by atoms with Crippen molar-refractivity contribution in [1.29, 1.82) is 0 Å². The van der Waals surface area contributed by atoms with Crippen molar-refractivity contribution in [2.75, 3.05) is 19.7 Å². The lowest BCUT2D eigenvalue weighted by atomic mass is 10.2. The quantitative estimate of drug-likeness (QED) is 0.732. The molecule has 0 amide bonds. The highest BCUT2D eigenvalue weighted by Crippen LogP contribution is 2.27. The minimum absolute atomic E-state index is 0.0671. The fourth-order valence-corrected chi connectivity index (χ4v) is 3.89. The summed E-state index contributed by atoms with van der Waals surface area (Å²) in [4.78, 5) is 7.80. The molecular formula is C15H15N3O2S2. The third-order valence-corrected chi connectivity index (χ3v) is 5.34. The highest BCUT2D eigenvalue weighted by Gasteiger charge is 2.24. The van der Waals surface area contributed by atoms with Crippen LogP contribution in [0.25, 0.3) is 10.6 Å². The summed E-state index contributed by atoms with van der Waals surface area (Å²) in [7, 11) is 0. The molecule has 1 fully saturated rings. The van der Waals surface area contributed by atoms with Gasteiger partial charge in [-0.15, -0.1) is 22.7 Å². The highest BCUT2D eigenvalue weighted by molar-refractivity contribution is 7.13. The van der Waals surface area contributed by atoms with Crippen LogP contribution in [0.5, 0.6) is 0 Å². The lowest BCUT2D eigenvalue weighted by molar-refractivity contribution is -0.0335. The number of morpholine rings is 1. The van der Waals surface area contributed by atoms with Crippen LogP contribution in [-0.2, 0) is 11.3 Å². The Balaban J connectivity index is 1.43. The van der Waals surface area contributed by atoms with Gasteiger partial charge >= 0.3 is 0 Å². The van der Waals surface area contributed by atoms with Crippen LogP contribution >= 0.6 is 22.7 Å². The van der Waals surface area contributed by atoms with Gasteiger partial charge in [-0.25, -0.2) is 4.98 Å². The lowest BCUT2D eigenvalue weighted by Crippen LogP contribution is -2.37. The first-order valence-corrected chi connectivity index (χ1v) is 8.87. The van der Waals surface area contributed by atoms with E-state index >= 15 is 0 Å². The van der Waals surface area contributed by atoms with Crippen molar-refractivity contribution < 1.29 is 9.26 Å². The Morgan fingerprint density at radius 2 is 2.32 bits per heavy atom. The number of nitrogens with zero attached hydrogens (tertiary/aromatic N) is 3. The molecule has 7 heteroatoms. The molecule has 0 bridgehead atoms. The predicted octanol–water partition coefficient (Wildman–Crippen LogP) is 3.43. The molecule has 0 aliphatic carbocycles. The lowest BCUT2D eigenvalue weighted by Gasteiger charge is -2.31. The maximum Gasteiger partial charge on any atom is 0.177 e. The van der Waals surface area contributed by atoms with Crippen LogP contribution < -0.4 is 0 Å². The smallest absolute Gasteiger partial charge is 0.177 e. The Morgan fingerprint density at radius 1 is 1.32 bits per heavy atom. The van der Waals surface area contributed by atoms with E-state index < -0.39 is 0 Å². The fourth-order valence-electron chi connectivity index (χ4n) is 2.54. The van der Waals surface area contributed by atoms with Crippen molar-refractivity contribution in [2.45, 2.75) is 12.6 Å². The minimum Gasteiger partial charge on any atom is -0.368 e. The molecule has 114 valence electrons. The molecule has 1 aliphatic rings. The Kier molecular flexibility index (Phi) is 4.03. The molecule has 1 saturated heterocycles. The van der Waals surface area contributed by atoms with Crippen molar-refractivity contribution in [2.24, 2.45) is 0 Å². The predicted molar refractivity (Wildman–Crippen MR) is 85.9 cm³/mol. The molecule has 0 spiro atoms. The van der Waals surface area contributed by atoms with Gasteiger partial charge in [-0.3, -0.25) is 4.90 Å². The second-order valence-corrected chi connectivity index (χ2v) is 7.00. The summed E-state index contributed by atoms with van der Waals surface area (Å²) < 4.78 is 11.3. The van der Waals surface area contributed by atoms with Gasteiger partial charge in [0.15, 0.2) is 5.76 Å². The van der Waals surface area contributed by atoms with Crippen LogP contribution in [0.4, 0.5) is 0 Å². The van der Waals surface area contributed by atoms with Gasteiger partial charge < -0.3 is 9.26 Å². The van der Waals surface area contributed by atoms with Gasteiger partial charge in [-0.1, -0.05) is 11.2 Å². The summed E-state index contributed by atoms with van der Waals surface area (Å²) >= 11 is 3.30. The van der Waals surface area contributed by atoms with Gasteiger partial charge in [0, 0.05) is 37.3 Å². The summed E-state index contributed by atoms with van der Waals surface area (Å²) in [6.07, 6.45) is 1.89.